The Hall–Kier alpha value is -1.75. The zero-order chi connectivity index (χ0) is 16.6. The monoisotopic (exact) mass is 336 g/mol. The van der Waals surface area contributed by atoms with Crippen molar-refractivity contribution in [3.63, 3.8) is 0 Å². The number of rotatable bonds is 3. The number of nitrogens with zero attached hydrogens (tertiary/aromatic N) is 1. The molecule has 1 saturated carbocycles. The Kier molecular flexibility index (Phi) is 4.23. The van der Waals surface area contributed by atoms with Crippen molar-refractivity contribution in [1.29, 1.82) is 0 Å². The lowest BCUT2D eigenvalue weighted by Gasteiger charge is -2.24. The number of hydrogen-bond acceptors (Lipinski definition) is 2. The zero-order valence-electron chi connectivity index (χ0n) is 13.1. The van der Waals surface area contributed by atoms with Crippen molar-refractivity contribution in [3.8, 4) is 0 Å². The van der Waals surface area contributed by atoms with Gasteiger partial charge in [0.25, 0.3) is 0 Å². The number of nitrogens with one attached hydrogen (secondary N) is 1. The molecule has 3 rings (SSSR count). The molecule has 3 atom stereocenters. The molecule has 1 heterocycles. The van der Waals surface area contributed by atoms with E-state index in [1.165, 1.54) is 0 Å². The molecule has 1 aromatic rings. The van der Waals surface area contributed by atoms with Gasteiger partial charge in [-0.3, -0.25) is 4.79 Å². The maximum Gasteiger partial charge on any atom is 0.317 e. The second-order valence-electron chi connectivity index (χ2n) is 6.62. The molecular weight excluding hydrogens is 316 g/mol. The van der Waals surface area contributed by atoms with Crippen LogP contribution < -0.4 is 5.32 Å². The van der Waals surface area contributed by atoms with E-state index in [0.717, 1.165) is 18.4 Å². The van der Waals surface area contributed by atoms with E-state index < -0.39 is 11.4 Å². The molecule has 23 heavy (non-hydrogen) atoms. The number of hydrogen-bond donors (Lipinski definition) is 2. The van der Waals surface area contributed by atoms with Crippen LogP contribution in [0.3, 0.4) is 0 Å². The Balaban J connectivity index is 1.68. The highest BCUT2D eigenvalue weighted by atomic mass is 35.5. The third-order valence-electron chi connectivity index (χ3n) is 5.30. The summed E-state index contributed by atoms with van der Waals surface area (Å²) in [5.74, 6) is -0.698. The van der Waals surface area contributed by atoms with Crippen LogP contribution in [0.25, 0.3) is 0 Å². The molecular formula is C17H21ClN2O3. The molecule has 2 amide bonds. The lowest BCUT2D eigenvalue weighted by molar-refractivity contribution is -0.149. The Morgan fingerprint density at radius 3 is 2.83 bits per heavy atom. The van der Waals surface area contributed by atoms with Crippen LogP contribution in [-0.4, -0.2) is 35.1 Å². The number of carbonyl (C=O) groups is 2. The summed E-state index contributed by atoms with van der Waals surface area (Å²) >= 11 is 6.16. The van der Waals surface area contributed by atoms with Gasteiger partial charge in [0.2, 0.25) is 0 Å². The minimum absolute atomic E-state index is 0.0707. The van der Waals surface area contributed by atoms with Crippen molar-refractivity contribution in [2.45, 2.75) is 32.2 Å². The Morgan fingerprint density at radius 2 is 2.17 bits per heavy atom. The number of urea groups is 1. The first kappa shape index (κ1) is 16.1. The molecule has 5 nitrogen and oxygen atoms in total. The van der Waals surface area contributed by atoms with Gasteiger partial charge in [0, 0.05) is 18.1 Å². The van der Waals surface area contributed by atoms with E-state index in [1.54, 1.807) is 11.0 Å². The van der Waals surface area contributed by atoms with Crippen LogP contribution in [0.4, 0.5) is 4.79 Å². The van der Waals surface area contributed by atoms with E-state index in [0.29, 0.717) is 24.5 Å². The van der Waals surface area contributed by atoms with E-state index >= 15 is 0 Å². The van der Waals surface area contributed by atoms with Crippen molar-refractivity contribution in [1.82, 2.24) is 10.2 Å². The molecule has 1 aliphatic carbocycles. The van der Waals surface area contributed by atoms with Crippen LogP contribution in [0.2, 0.25) is 5.02 Å². The van der Waals surface area contributed by atoms with Crippen LogP contribution in [0.5, 0.6) is 0 Å². The number of carbonyl (C=O) groups excluding carboxylic acids is 1. The normalized spacial score (nSPS) is 27.6. The lowest BCUT2D eigenvalue weighted by Crippen LogP contribution is -2.42. The summed E-state index contributed by atoms with van der Waals surface area (Å²) in [7, 11) is 0. The summed E-state index contributed by atoms with van der Waals surface area (Å²) in [6.07, 6.45) is 2.48. The van der Waals surface area contributed by atoms with Gasteiger partial charge in [0.05, 0.1) is 11.5 Å². The maximum atomic E-state index is 12.5. The molecule has 2 N–H and O–H groups in total. The molecule has 1 aromatic carbocycles. The quantitative estimate of drug-likeness (QED) is 0.889. The number of benzene rings is 1. The standard InChI is InChI=1S/C17H21ClN2O3/c1-11(13-6-2-3-7-14(13)18)19-16(23)20-9-12-5-4-8-17(12,10-20)15(21)22/h2-3,6-7,11-12H,4-5,8-10H2,1H3,(H,19,23)(H,21,22)/t11-,12-,17+/m0/s1. The first-order chi connectivity index (χ1) is 10.9. The lowest BCUT2D eigenvalue weighted by atomic mass is 9.81. The second kappa shape index (κ2) is 6.04. The summed E-state index contributed by atoms with van der Waals surface area (Å²) in [4.78, 5) is 25.8. The molecule has 2 fully saturated rings. The van der Waals surface area contributed by atoms with Crippen molar-refractivity contribution in [3.05, 3.63) is 34.9 Å². The minimum Gasteiger partial charge on any atom is -0.481 e. The molecule has 6 heteroatoms. The number of fused-ring (bicyclic) bond motifs is 1. The predicted molar refractivity (Wildman–Crippen MR) is 87.4 cm³/mol. The van der Waals surface area contributed by atoms with Crippen LogP contribution in [0.1, 0.15) is 37.8 Å². The van der Waals surface area contributed by atoms with Gasteiger partial charge in [0.15, 0.2) is 0 Å². The second-order valence-corrected chi connectivity index (χ2v) is 7.03. The molecule has 0 spiro atoms. The fourth-order valence-corrected chi connectivity index (χ4v) is 4.27. The van der Waals surface area contributed by atoms with E-state index in [1.807, 2.05) is 25.1 Å². The Labute approximate surface area is 140 Å². The van der Waals surface area contributed by atoms with Gasteiger partial charge >= 0.3 is 12.0 Å². The van der Waals surface area contributed by atoms with Crippen LogP contribution in [-0.2, 0) is 4.79 Å². The maximum absolute atomic E-state index is 12.5. The molecule has 124 valence electrons. The highest BCUT2D eigenvalue weighted by Gasteiger charge is 2.55. The van der Waals surface area contributed by atoms with Crippen molar-refractivity contribution >= 4 is 23.6 Å². The van der Waals surface area contributed by atoms with Crippen LogP contribution in [0.15, 0.2) is 24.3 Å². The molecule has 2 aliphatic rings. The van der Waals surface area contributed by atoms with Gasteiger partial charge in [-0.05, 0) is 37.3 Å². The number of carboxylic acid groups (broad SMARTS) is 1. The molecule has 1 aliphatic heterocycles. The number of likely N-dealkylation sites (tertiary alicyclic amines) is 1. The number of halogens is 1. The zero-order valence-corrected chi connectivity index (χ0v) is 13.8. The average Bonchev–Trinajstić information content (AvgIpc) is 3.05. The Morgan fingerprint density at radius 1 is 1.43 bits per heavy atom. The van der Waals surface area contributed by atoms with Crippen molar-refractivity contribution < 1.29 is 14.7 Å². The van der Waals surface area contributed by atoms with E-state index in [2.05, 4.69) is 5.32 Å². The van der Waals surface area contributed by atoms with Crippen LogP contribution in [0, 0.1) is 11.3 Å². The number of amides is 2. The van der Waals surface area contributed by atoms with E-state index in [9.17, 15) is 14.7 Å². The highest BCUT2D eigenvalue weighted by Crippen LogP contribution is 2.48. The van der Waals surface area contributed by atoms with Crippen molar-refractivity contribution in [2.75, 3.05) is 13.1 Å². The smallest absolute Gasteiger partial charge is 0.317 e. The third kappa shape index (κ3) is 2.78. The molecule has 0 radical (unpaired) electrons. The molecule has 0 unspecified atom stereocenters. The SMILES string of the molecule is C[C@H](NC(=O)N1C[C@@H]2CCC[C@@]2(C(=O)O)C1)c1ccccc1Cl. The highest BCUT2D eigenvalue weighted by molar-refractivity contribution is 6.31. The predicted octanol–water partition coefficient (Wildman–Crippen LogP) is 3.30. The third-order valence-corrected chi connectivity index (χ3v) is 5.64. The van der Waals surface area contributed by atoms with E-state index in [4.69, 9.17) is 11.6 Å². The summed E-state index contributed by atoms with van der Waals surface area (Å²) in [6.45, 7) is 2.70. The molecule has 0 bridgehead atoms. The van der Waals surface area contributed by atoms with Crippen LogP contribution >= 0.6 is 11.6 Å². The number of carboxylic acids is 1. The van der Waals surface area contributed by atoms with Gasteiger partial charge in [0.1, 0.15) is 0 Å². The van der Waals surface area contributed by atoms with Gasteiger partial charge < -0.3 is 15.3 Å². The molecule has 1 saturated heterocycles. The summed E-state index contributed by atoms with van der Waals surface area (Å²) in [5, 5.41) is 13.1. The summed E-state index contributed by atoms with van der Waals surface area (Å²) < 4.78 is 0. The first-order valence-electron chi connectivity index (χ1n) is 7.97. The molecule has 0 aromatic heterocycles. The largest absolute Gasteiger partial charge is 0.481 e. The summed E-state index contributed by atoms with van der Waals surface area (Å²) in [6, 6.07) is 6.96. The van der Waals surface area contributed by atoms with Crippen molar-refractivity contribution in [2.24, 2.45) is 11.3 Å². The fraction of sp³-hybridized carbons (Fsp3) is 0.529. The Bertz CT molecular complexity index is 636. The van der Waals surface area contributed by atoms with Gasteiger partial charge in [-0.1, -0.05) is 36.2 Å². The van der Waals surface area contributed by atoms with Gasteiger partial charge in [-0.25, -0.2) is 4.79 Å². The fourth-order valence-electron chi connectivity index (χ4n) is 3.97. The van der Waals surface area contributed by atoms with Gasteiger partial charge in [-0.15, -0.1) is 0 Å². The summed E-state index contributed by atoms with van der Waals surface area (Å²) in [5.41, 5.74) is 0.111. The number of aliphatic carboxylic acids is 1. The van der Waals surface area contributed by atoms with E-state index in [-0.39, 0.29) is 18.0 Å². The first-order valence-corrected chi connectivity index (χ1v) is 8.35. The van der Waals surface area contributed by atoms with Gasteiger partial charge in [-0.2, -0.15) is 0 Å². The average molecular weight is 337 g/mol. The minimum atomic E-state index is -0.769. The topological polar surface area (TPSA) is 69.6 Å².